The maximum absolute atomic E-state index is 12.6. The second-order valence-electron chi connectivity index (χ2n) is 7.33. The molecule has 158 valence electrons. The van der Waals surface area contributed by atoms with E-state index in [4.69, 9.17) is 21.4 Å². The fraction of sp³-hybridized carbons (Fsp3) is 0.167. The van der Waals surface area contributed by atoms with Gasteiger partial charge in [0.15, 0.2) is 0 Å². The second-order valence-corrected chi connectivity index (χ2v) is 7.74. The number of halogens is 1. The van der Waals surface area contributed by atoms with Crippen LogP contribution in [0.15, 0.2) is 66.7 Å². The fourth-order valence-electron chi connectivity index (χ4n) is 3.52. The number of aliphatic carboxylic acids is 1. The summed E-state index contributed by atoms with van der Waals surface area (Å²) >= 11 is 6.20. The highest BCUT2D eigenvalue weighted by Crippen LogP contribution is 2.31. The number of amides is 2. The molecule has 0 atom stereocenters. The lowest BCUT2D eigenvalue weighted by Crippen LogP contribution is -2.38. The molecule has 31 heavy (non-hydrogen) atoms. The zero-order chi connectivity index (χ0) is 21.8. The molecule has 0 bridgehead atoms. The molecule has 0 aromatic heterocycles. The number of nitrogens with zero attached hydrogens (tertiary/aromatic N) is 1. The van der Waals surface area contributed by atoms with Gasteiger partial charge in [-0.1, -0.05) is 41.9 Å². The zero-order valence-corrected chi connectivity index (χ0v) is 17.4. The highest BCUT2D eigenvalue weighted by molar-refractivity contribution is 6.32. The van der Waals surface area contributed by atoms with E-state index in [1.54, 1.807) is 47.4 Å². The number of benzene rings is 3. The Labute approximate surface area is 185 Å². The summed E-state index contributed by atoms with van der Waals surface area (Å²) in [7, 11) is 0. The number of hydrogen-bond acceptors (Lipinski definition) is 3. The summed E-state index contributed by atoms with van der Waals surface area (Å²) in [5.74, 6) is 0.0634. The number of nitrogens with one attached hydrogen (secondary N) is 1. The van der Waals surface area contributed by atoms with Crippen LogP contribution in [-0.4, -0.2) is 28.6 Å². The summed E-state index contributed by atoms with van der Waals surface area (Å²) in [5, 5.41) is 12.1. The van der Waals surface area contributed by atoms with Gasteiger partial charge in [-0.3, -0.25) is 4.79 Å². The Kier molecular flexibility index (Phi) is 6.09. The van der Waals surface area contributed by atoms with E-state index < -0.39 is 5.97 Å². The highest BCUT2D eigenvalue weighted by Gasteiger charge is 2.20. The Morgan fingerprint density at radius 1 is 1.03 bits per heavy atom. The van der Waals surface area contributed by atoms with Crippen molar-refractivity contribution in [1.82, 2.24) is 4.90 Å². The summed E-state index contributed by atoms with van der Waals surface area (Å²) in [5.41, 5.74) is 3.74. The third kappa shape index (κ3) is 5.16. The molecule has 3 aromatic carbocycles. The lowest BCUT2D eigenvalue weighted by atomic mass is 10.0. The van der Waals surface area contributed by atoms with E-state index in [9.17, 15) is 9.59 Å². The van der Waals surface area contributed by atoms with Crippen LogP contribution in [0, 0.1) is 0 Å². The predicted molar refractivity (Wildman–Crippen MR) is 119 cm³/mol. The van der Waals surface area contributed by atoms with E-state index in [1.165, 1.54) is 11.1 Å². The summed E-state index contributed by atoms with van der Waals surface area (Å²) < 4.78 is 5.78. The van der Waals surface area contributed by atoms with E-state index in [2.05, 4.69) is 17.4 Å². The molecule has 1 aliphatic rings. The van der Waals surface area contributed by atoms with Gasteiger partial charge in [0.1, 0.15) is 11.5 Å². The van der Waals surface area contributed by atoms with Gasteiger partial charge in [0.05, 0.1) is 11.4 Å². The lowest BCUT2D eigenvalue weighted by Gasteiger charge is -2.29. The molecule has 0 radical (unpaired) electrons. The van der Waals surface area contributed by atoms with Crippen molar-refractivity contribution in [3.63, 3.8) is 0 Å². The van der Waals surface area contributed by atoms with E-state index >= 15 is 0 Å². The van der Waals surface area contributed by atoms with Crippen LogP contribution in [0.2, 0.25) is 5.02 Å². The fourth-order valence-corrected chi connectivity index (χ4v) is 3.76. The van der Waals surface area contributed by atoms with E-state index in [-0.39, 0.29) is 12.5 Å². The summed E-state index contributed by atoms with van der Waals surface area (Å²) in [4.78, 5) is 25.2. The lowest BCUT2D eigenvalue weighted by molar-refractivity contribution is -0.136. The average Bonchev–Trinajstić information content (AvgIpc) is 2.76. The Morgan fingerprint density at radius 2 is 1.77 bits per heavy atom. The smallest absolute Gasteiger partial charge is 0.322 e. The Balaban J connectivity index is 1.36. The van der Waals surface area contributed by atoms with Crippen molar-refractivity contribution in [2.24, 2.45) is 0 Å². The quantitative estimate of drug-likeness (QED) is 0.565. The summed E-state index contributed by atoms with van der Waals surface area (Å²) in [6.07, 6.45) is 0.749. The van der Waals surface area contributed by atoms with Gasteiger partial charge in [-0.05, 0) is 59.5 Å². The average molecular weight is 437 g/mol. The first kappa shape index (κ1) is 20.8. The van der Waals surface area contributed by atoms with Gasteiger partial charge in [-0.15, -0.1) is 0 Å². The number of ether oxygens (including phenoxy) is 1. The van der Waals surface area contributed by atoms with Crippen LogP contribution in [0.25, 0.3) is 0 Å². The molecule has 7 heteroatoms. The first-order valence-corrected chi connectivity index (χ1v) is 10.3. The van der Waals surface area contributed by atoms with Crippen molar-refractivity contribution >= 4 is 29.3 Å². The SMILES string of the molecule is O=C(O)Cc1ccc(Oc2ccc(NC(=O)N3CCc4ccccc4C3)cc2)c(Cl)c1. The molecular formula is C24H21ClN2O4. The summed E-state index contributed by atoms with van der Waals surface area (Å²) in [6, 6.07) is 19.9. The van der Waals surface area contributed by atoms with Crippen LogP contribution in [-0.2, 0) is 24.2 Å². The number of fused-ring (bicyclic) bond motifs is 1. The van der Waals surface area contributed by atoms with Crippen molar-refractivity contribution in [3.05, 3.63) is 88.4 Å². The number of carboxylic acids is 1. The molecule has 0 fully saturated rings. The third-order valence-corrected chi connectivity index (χ3v) is 5.40. The molecule has 6 nitrogen and oxygen atoms in total. The minimum Gasteiger partial charge on any atom is -0.481 e. The second kappa shape index (κ2) is 9.10. The molecular weight excluding hydrogens is 416 g/mol. The van der Waals surface area contributed by atoms with Crippen LogP contribution >= 0.6 is 11.6 Å². The first-order chi connectivity index (χ1) is 15.0. The van der Waals surface area contributed by atoms with Crippen LogP contribution in [0.1, 0.15) is 16.7 Å². The number of anilines is 1. The number of carbonyl (C=O) groups is 2. The number of rotatable bonds is 5. The van der Waals surface area contributed by atoms with Gasteiger partial charge < -0.3 is 20.1 Å². The maximum atomic E-state index is 12.6. The molecule has 0 spiro atoms. The van der Waals surface area contributed by atoms with Gasteiger partial charge >= 0.3 is 12.0 Å². The van der Waals surface area contributed by atoms with Crippen LogP contribution in [0.5, 0.6) is 11.5 Å². The van der Waals surface area contributed by atoms with Crippen molar-refractivity contribution in [2.45, 2.75) is 19.4 Å². The maximum Gasteiger partial charge on any atom is 0.322 e. The molecule has 4 rings (SSSR count). The molecule has 2 N–H and O–H groups in total. The molecule has 0 saturated carbocycles. The minimum absolute atomic E-state index is 0.100. The van der Waals surface area contributed by atoms with Gasteiger partial charge in [-0.2, -0.15) is 0 Å². The van der Waals surface area contributed by atoms with E-state index in [1.807, 2.05) is 12.1 Å². The van der Waals surface area contributed by atoms with Crippen molar-refractivity contribution < 1.29 is 19.4 Å². The molecule has 0 aliphatic carbocycles. The number of hydrogen-bond donors (Lipinski definition) is 2. The van der Waals surface area contributed by atoms with E-state index in [0.29, 0.717) is 40.9 Å². The molecule has 3 aromatic rings. The molecule has 0 saturated heterocycles. The Bertz CT molecular complexity index is 1110. The number of urea groups is 1. The van der Waals surface area contributed by atoms with E-state index in [0.717, 1.165) is 6.42 Å². The normalized spacial score (nSPS) is 12.7. The predicted octanol–water partition coefficient (Wildman–Crippen LogP) is 5.35. The topological polar surface area (TPSA) is 78.9 Å². The largest absolute Gasteiger partial charge is 0.481 e. The van der Waals surface area contributed by atoms with Crippen molar-refractivity contribution in [2.75, 3.05) is 11.9 Å². The standard InChI is InChI=1S/C24H21ClN2O4/c25-21-13-16(14-23(28)29)5-10-22(21)31-20-8-6-19(7-9-20)26-24(30)27-12-11-17-3-1-2-4-18(17)15-27/h1-10,13H,11-12,14-15H2,(H,26,30)(H,28,29). The Morgan fingerprint density at radius 3 is 2.48 bits per heavy atom. The molecule has 2 amide bonds. The zero-order valence-electron chi connectivity index (χ0n) is 16.7. The third-order valence-electron chi connectivity index (χ3n) is 5.10. The minimum atomic E-state index is -0.920. The van der Waals surface area contributed by atoms with Crippen molar-refractivity contribution in [1.29, 1.82) is 0 Å². The van der Waals surface area contributed by atoms with Crippen LogP contribution < -0.4 is 10.1 Å². The van der Waals surface area contributed by atoms with Gasteiger partial charge in [-0.25, -0.2) is 4.79 Å². The van der Waals surface area contributed by atoms with Gasteiger partial charge in [0.2, 0.25) is 0 Å². The van der Waals surface area contributed by atoms with Crippen LogP contribution in [0.4, 0.5) is 10.5 Å². The molecule has 0 unspecified atom stereocenters. The monoisotopic (exact) mass is 436 g/mol. The van der Waals surface area contributed by atoms with Crippen LogP contribution in [0.3, 0.4) is 0 Å². The van der Waals surface area contributed by atoms with Crippen molar-refractivity contribution in [3.8, 4) is 11.5 Å². The summed E-state index contributed by atoms with van der Waals surface area (Å²) in [6.45, 7) is 1.28. The number of carboxylic acid groups (broad SMARTS) is 1. The number of carbonyl (C=O) groups excluding carboxylic acids is 1. The Hall–Kier alpha value is -3.51. The molecule has 1 heterocycles. The first-order valence-electron chi connectivity index (χ1n) is 9.89. The highest BCUT2D eigenvalue weighted by atomic mass is 35.5. The van der Waals surface area contributed by atoms with Gasteiger partial charge in [0, 0.05) is 18.8 Å². The van der Waals surface area contributed by atoms with Gasteiger partial charge in [0.25, 0.3) is 0 Å². The molecule has 1 aliphatic heterocycles.